The van der Waals surface area contributed by atoms with Gasteiger partial charge in [-0.25, -0.2) is 9.97 Å². The second-order valence-corrected chi connectivity index (χ2v) is 5.81. The molecule has 1 N–H and O–H groups in total. The van der Waals surface area contributed by atoms with Gasteiger partial charge in [0.1, 0.15) is 11.6 Å². The van der Waals surface area contributed by atoms with E-state index in [-0.39, 0.29) is 0 Å². The minimum atomic E-state index is 0.724. The van der Waals surface area contributed by atoms with Crippen LogP contribution in [0.25, 0.3) is 0 Å². The minimum Gasteiger partial charge on any atom is -0.370 e. The van der Waals surface area contributed by atoms with Crippen molar-refractivity contribution in [1.29, 1.82) is 0 Å². The predicted octanol–water partition coefficient (Wildman–Crippen LogP) is 1.74. The molecular formula is C15H27N5. The molecule has 2 heterocycles. The maximum Gasteiger partial charge on any atom is 0.144 e. The van der Waals surface area contributed by atoms with Crippen LogP contribution in [0.2, 0.25) is 0 Å². The lowest BCUT2D eigenvalue weighted by Gasteiger charge is -2.34. The first-order valence-electron chi connectivity index (χ1n) is 7.55. The van der Waals surface area contributed by atoms with Crippen molar-refractivity contribution in [2.75, 3.05) is 39.0 Å². The second kappa shape index (κ2) is 6.99. The molecule has 112 valence electrons. The van der Waals surface area contributed by atoms with Gasteiger partial charge in [-0.1, -0.05) is 0 Å². The molecule has 0 bridgehead atoms. The fraction of sp³-hybridized carbons (Fsp3) is 0.733. The predicted molar refractivity (Wildman–Crippen MR) is 82.9 cm³/mol. The summed E-state index contributed by atoms with van der Waals surface area (Å²) in [5.74, 6) is 1.88. The SMILES string of the molecule is CCNc1cc(C)nc(CN2CCC(N(C)C)CC2)n1. The van der Waals surface area contributed by atoms with Crippen molar-refractivity contribution in [3.63, 3.8) is 0 Å². The summed E-state index contributed by atoms with van der Waals surface area (Å²) in [5.41, 5.74) is 1.04. The van der Waals surface area contributed by atoms with Gasteiger partial charge < -0.3 is 10.2 Å². The van der Waals surface area contributed by atoms with Crippen LogP contribution < -0.4 is 5.32 Å². The lowest BCUT2D eigenvalue weighted by atomic mass is 10.0. The number of hydrogen-bond donors (Lipinski definition) is 1. The normalized spacial score (nSPS) is 17.6. The molecule has 5 nitrogen and oxygen atoms in total. The van der Waals surface area contributed by atoms with Crippen LogP contribution in [0.1, 0.15) is 31.3 Å². The first-order valence-corrected chi connectivity index (χ1v) is 7.55. The Hall–Kier alpha value is -1.20. The van der Waals surface area contributed by atoms with Gasteiger partial charge in [0, 0.05) is 37.4 Å². The lowest BCUT2D eigenvalue weighted by molar-refractivity contribution is 0.137. The maximum atomic E-state index is 4.60. The van der Waals surface area contributed by atoms with Gasteiger partial charge >= 0.3 is 0 Å². The monoisotopic (exact) mass is 277 g/mol. The first-order chi connectivity index (χ1) is 9.58. The van der Waals surface area contributed by atoms with Crippen LogP contribution in [0.4, 0.5) is 5.82 Å². The van der Waals surface area contributed by atoms with Gasteiger partial charge in [-0.2, -0.15) is 0 Å². The van der Waals surface area contributed by atoms with E-state index in [1.807, 2.05) is 13.0 Å². The van der Waals surface area contributed by atoms with E-state index in [1.54, 1.807) is 0 Å². The second-order valence-electron chi connectivity index (χ2n) is 5.81. The van der Waals surface area contributed by atoms with E-state index in [9.17, 15) is 0 Å². The number of rotatable bonds is 5. The molecule has 0 atom stereocenters. The number of aromatic nitrogens is 2. The van der Waals surface area contributed by atoms with Crippen molar-refractivity contribution in [1.82, 2.24) is 19.8 Å². The number of likely N-dealkylation sites (tertiary alicyclic amines) is 1. The highest BCUT2D eigenvalue weighted by molar-refractivity contribution is 5.35. The van der Waals surface area contributed by atoms with Gasteiger partial charge in [0.15, 0.2) is 0 Å². The van der Waals surface area contributed by atoms with Crippen LogP contribution in [0.15, 0.2) is 6.07 Å². The standard InChI is InChI=1S/C15H27N5/c1-5-16-14-10-12(2)17-15(18-14)11-20-8-6-13(7-9-20)19(3)4/h10,13H,5-9,11H2,1-4H3,(H,16,17,18). The molecule has 0 aromatic carbocycles. The quantitative estimate of drug-likeness (QED) is 0.888. The lowest BCUT2D eigenvalue weighted by Crippen LogP contribution is -2.41. The molecule has 0 radical (unpaired) electrons. The molecule has 0 amide bonds. The molecule has 1 aliphatic rings. The largest absolute Gasteiger partial charge is 0.370 e. The summed E-state index contributed by atoms with van der Waals surface area (Å²) >= 11 is 0. The number of anilines is 1. The molecule has 0 unspecified atom stereocenters. The van der Waals surface area contributed by atoms with Gasteiger partial charge in [0.25, 0.3) is 0 Å². The van der Waals surface area contributed by atoms with Crippen molar-refractivity contribution < 1.29 is 0 Å². The van der Waals surface area contributed by atoms with Gasteiger partial charge in [-0.05, 0) is 40.8 Å². The van der Waals surface area contributed by atoms with Gasteiger partial charge in [-0.3, -0.25) is 4.90 Å². The number of nitrogens with one attached hydrogen (secondary N) is 1. The fourth-order valence-corrected chi connectivity index (χ4v) is 2.77. The van der Waals surface area contributed by atoms with E-state index in [1.165, 1.54) is 12.8 Å². The molecule has 0 aliphatic carbocycles. The van der Waals surface area contributed by atoms with Crippen molar-refractivity contribution in [3.05, 3.63) is 17.6 Å². The highest BCUT2D eigenvalue weighted by Crippen LogP contribution is 2.16. The third kappa shape index (κ3) is 4.15. The van der Waals surface area contributed by atoms with Crippen molar-refractivity contribution in [2.45, 2.75) is 39.3 Å². The van der Waals surface area contributed by atoms with Gasteiger partial charge in [0.2, 0.25) is 0 Å². The summed E-state index contributed by atoms with van der Waals surface area (Å²) in [7, 11) is 4.35. The van der Waals surface area contributed by atoms with E-state index < -0.39 is 0 Å². The number of hydrogen-bond acceptors (Lipinski definition) is 5. The molecule has 2 rings (SSSR count). The number of aryl methyl sites for hydroxylation is 1. The summed E-state index contributed by atoms with van der Waals surface area (Å²) in [4.78, 5) is 14.0. The van der Waals surface area contributed by atoms with Crippen LogP contribution in [0.3, 0.4) is 0 Å². The summed E-state index contributed by atoms with van der Waals surface area (Å²) in [6.07, 6.45) is 2.47. The van der Waals surface area contributed by atoms with Crippen LogP contribution in [0, 0.1) is 6.92 Å². The zero-order valence-corrected chi connectivity index (χ0v) is 13.2. The number of piperidine rings is 1. The molecule has 1 aromatic rings. The van der Waals surface area contributed by atoms with Gasteiger partial charge in [0.05, 0.1) is 6.54 Å². The molecule has 0 saturated carbocycles. The Morgan fingerprint density at radius 3 is 2.60 bits per heavy atom. The fourth-order valence-electron chi connectivity index (χ4n) is 2.77. The third-order valence-electron chi connectivity index (χ3n) is 3.91. The van der Waals surface area contributed by atoms with E-state index in [2.05, 4.69) is 46.1 Å². The van der Waals surface area contributed by atoms with Crippen molar-refractivity contribution in [3.8, 4) is 0 Å². The smallest absolute Gasteiger partial charge is 0.144 e. The zero-order chi connectivity index (χ0) is 14.5. The molecule has 1 aromatic heterocycles. The van der Waals surface area contributed by atoms with Crippen LogP contribution in [-0.2, 0) is 6.54 Å². The Morgan fingerprint density at radius 2 is 2.00 bits per heavy atom. The van der Waals surface area contributed by atoms with E-state index in [4.69, 9.17) is 0 Å². The average Bonchev–Trinajstić information content (AvgIpc) is 2.39. The molecule has 5 heteroatoms. The van der Waals surface area contributed by atoms with Crippen molar-refractivity contribution in [2.24, 2.45) is 0 Å². The Balaban J connectivity index is 1.94. The van der Waals surface area contributed by atoms with E-state index >= 15 is 0 Å². The highest BCUT2D eigenvalue weighted by atomic mass is 15.2. The average molecular weight is 277 g/mol. The highest BCUT2D eigenvalue weighted by Gasteiger charge is 2.21. The van der Waals surface area contributed by atoms with Crippen LogP contribution in [-0.4, -0.2) is 59.5 Å². The van der Waals surface area contributed by atoms with Crippen molar-refractivity contribution >= 4 is 5.82 Å². The van der Waals surface area contributed by atoms with Crippen LogP contribution in [0.5, 0.6) is 0 Å². The Morgan fingerprint density at radius 1 is 1.30 bits per heavy atom. The summed E-state index contributed by atoms with van der Waals surface area (Å²) in [5, 5.41) is 3.27. The van der Waals surface area contributed by atoms with E-state index in [0.29, 0.717) is 0 Å². The van der Waals surface area contributed by atoms with Gasteiger partial charge in [-0.15, -0.1) is 0 Å². The third-order valence-corrected chi connectivity index (χ3v) is 3.91. The molecule has 1 saturated heterocycles. The molecule has 1 fully saturated rings. The molecule has 20 heavy (non-hydrogen) atoms. The number of nitrogens with zero attached hydrogens (tertiary/aromatic N) is 4. The Labute approximate surface area is 122 Å². The maximum absolute atomic E-state index is 4.60. The first kappa shape index (κ1) is 15.2. The van der Waals surface area contributed by atoms with E-state index in [0.717, 1.165) is 49.6 Å². The Bertz CT molecular complexity index is 424. The molecule has 1 aliphatic heterocycles. The molecule has 0 spiro atoms. The summed E-state index contributed by atoms with van der Waals surface area (Å²) in [6, 6.07) is 2.73. The Kier molecular flexibility index (Phi) is 5.31. The minimum absolute atomic E-state index is 0.724. The zero-order valence-electron chi connectivity index (χ0n) is 13.2. The molecular weight excluding hydrogens is 250 g/mol. The van der Waals surface area contributed by atoms with Crippen LogP contribution >= 0.6 is 0 Å². The summed E-state index contributed by atoms with van der Waals surface area (Å²) < 4.78 is 0. The topological polar surface area (TPSA) is 44.3 Å². The summed E-state index contributed by atoms with van der Waals surface area (Å²) in [6.45, 7) is 8.14.